The summed E-state index contributed by atoms with van der Waals surface area (Å²) in [5, 5.41) is 0. The second kappa shape index (κ2) is 8.51. The highest BCUT2D eigenvalue weighted by atomic mass is 79.9. The number of halogens is 2. The number of carbonyl (C=O) groups excluding carboxylic acids is 1. The van der Waals surface area contributed by atoms with Crippen LogP contribution in [0.4, 0.5) is 10.2 Å². The van der Waals surface area contributed by atoms with E-state index in [1.807, 2.05) is 0 Å². The van der Waals surface area contributed by atoms with Gasteiger partial charge in [0.05, 0.1) is 24.0 Å². The first kappa shape index (κ1) is 19.3. The standard InChI is InChI=1S/C18H20BrFN4O3/c1-12(27-15-4-3-13(20)9-14(15)19)18(25)24-7-5-23(6-8-24)16-10-21-11-17(22-16)26-2/h3-4,9-12H,5-8H2,1-2H3. The fourth-order valence-electron chi connectivity index (χ4n) is 2.81. The maximum Gasteiger partial charge on any atom is 0.263 e. The SMILES string of the molecule is COc1cncc(N2CCN(C(=O)C(C)Oc3ccc(F)cc3Br)CC2)n1. The van der Waals surface area contributed by atoms with Gasteiger partial charge in [0.25, 0.3) is 5.91 Å². The van der Waals surface area contributed by atoms with Crippen molar-refractivity contribution in [1.82, 2.24) is 14.9 Å². The first-order valence-corrected chi connectivity index (χ1v) is 9.28. The van der Waals surface area contributed by atoms with Gasteiger partial charge in [-0.15, -0.1) is 0 Å². The number of benzene rings is 1. The topological polar surface area (TPSA) is 67.8 Å². The summed E-state index contributed by atoms with van der Waals surface area (Å²) in [5.74, 6) is 1.13. The molecular weight excluding hydrogens is 419 g/mol. The van der Waals surface area contributed by atoms with Gasteiger partial charge in [-0.1, -0.05) is 0 Å². The van der Waals surface area contributed by atoms with E-state index >= 15 is 0 Å². The van der Waals surface area contributed by atoms with Gasteiger partial charge >= 0.3 is 0 Å². The number of carbonyl (C=O) groups is 1. The van der Waals surface area contributed by atoms with Crippen LogP contribution in [0.25, 0.3) is 0 Å². The van der Waals surface area contributed by atoms with E-state index in [4.69, 9.17) is 9.47 Å². The van der Waals surface area contributed by atoms with Crippen LogP contribution in [0.2, 0.25) is 0 Å². The Balaban J connectivity index is 1.57. The number of methoxy groups -OCH3 is 1. The van der Waals surface area contributed by atoms with E-state index in [-0.39, 0.29) is 11.7 Å². The van der Waals surface area contributed by atoms with E-state index in [0.29, 0.717) is 42.3 Å². The molecule has 1 aromatic carbocycles. The molecular formula is C18H20BrFN4O3. The number of piperazine rings is 1. The molecule has 1 aromatic heterocycles. The van der Waals surface area contributed by atoms with Gasteiger partial charge < -0.3 is 19.3 Å². The summed E-state index contributed by atoms with van der Waals surface area (Å²) >= 11 is 3.25. The molecule has 144 valence electrons. The van der Waals surface area contributed by atoms with E-state index in [1.54, 1.807) is 31.3 Å². The summed E-state index contributed by atoms with van der Waals surface area (Å²) in [6.45, 7) is 4.07. The molecule has 1 aliphatic rings. The molecule has 9 heteroatoms. The van der Waals surface area contributed by atoms with Gasteiger partial charge in [-0.3, -0.25) is 9.78 Å². The Morgan fingerprint density at radius 3 is 2.67 bits per heavy atom. The molecule has 1 aliphatic heterocycles. The van der Waals surface area contributed by atoms with Crippen molar-refractivity contribution in [2.24, 2.45) is 0 Å². The van der Waals surface area contributed by atoms with Gasteiger partial charge in [0.15, 0.2) is 11.9 Å². The van der Waals surface area contributed by atoms with Crippen molar-refractivity contribution in [3.63, 3.8) is 0 Å². The molecule has 0 spiro atoms. The summed E-state index contributed by atoms with van der Waals surface area (Å²) in [5.41, 5.74) is 0. The van der Waals surface area contributed by atoms with Crippen LogP contribution >= 0.6 is 15.9 Å². The van der Waals surface area contributed by atoms with Crippen molar-refractivity contribution < 1.29 is 18.7 Å². The van der Waals surface area contributed by atoms with E-state index in [2.05, 4.69) is 30.8 Å². The highest BCUT2D eigenvalue weighted by Crippen LogP contribution is 2.27. The predicted octanol–water partition coefficient (Wildman–Crippen LogP) is 2.50. The predicted molar refractivity (Wildman–Crippen MR) is 102 cm³/mol. The summed E-state index contributed by atoms with van der Waals surface area (Å²) in [6, 6.07) is 4.11. The Bertz CT molecular complexity index is 815. The average molecular weight is 439 g/mol. The lowest BCUT2D eigenvalue weighted by atomic mass is 10.2. The molecule has 0 radical (unpaired) electrons. The fourth-order valence-corrected chi connectivity index (χ4v) is 3.26. The molecule has 0 aliphatic carbocycles. The third-order valence-corrected chi connectivity index (χ3v) is 4.89. The number of amides is 1. The molecule has 0 N–H and O–H groups in total. The minimum atomic E-state index is -0.671. The van der Waals surface area contributed by atoms with Crippen molar-refractivity contribution in [2.45, 2.75) is 13.0 Å². The molecule has 1 atom stereocenters. The number of anilines is 1. The second-order valence-corrected chi connectivity index (χ2v) is 6.92. The van der Waals surface area contributed by atoms with Crippen molar-refractivity contribution in [1.29, 1.82) is 0 Å². The summed E-state index contributed by atoms with van der Waals surface area (Å²) in [7, 11) is 1.55. The molecule has 7 nitrogen and oxygen atoms in total. The number of aromatic nitrogens is 2. The maximum atomic E-state index is 13.2. The normalized spacial score (nSPS) is 15.4. The molecule has 1 saturated heterocycles. The van der Waals surface area contributed by atoms with Crippen LogP contribution in [-0.4, -0.2) is 60.2 Å². The third-order valence-electron chi connectivity index (χ3n) is 4.27. The number of ether oxygens (including phenoxy) is 2. The highest BCUT2D eigenvalue weighted by molar-refractivity contribution is 9.10. The van der Waals surface area contributed by atoms with Crippen LogP contribution in [-0.2, 0) is 4.79 Å². The monoisotopic (exact) mass is 438 g/mol. The van der Waals surface area contributed by atoms with Crippen LogP contribution in [0.1, 0.15) is 6.92 Å². The fraction of sp³-hybridized carbons (Fsp3) is 0.389. The minimum Gasteiger partial charge on any atom is -0.480 e. The zero-order valence-electron chi connectivity index (χ0n) is 15.1. The van der Waals surface area contributed by atoms with Crippen LogP contribution < -0.4 is 14.4 Å². The van der Waals surface area contributed by atoms with Crippen LogP contribution in [0.15, 0.2) is 35.1 Å². The first-order valence-electron chi connectivity index (χ1n) is 8.49. The van der Waals surface area contributed by atoms with E-state index in [1.165, 1.54) is 18.2 Å². The lowest BCUT2D eigenvalue weighted by Crippen LogP contribution is -2.52. The number of hydrogen-bond donors (Lipinski definition) is 0. The molecule has 1 unspecified atom stereocenters. The molecule has 2 heterocycles. The van der Waals surface area contributed by atoms with Crippen molar-refractivity contribution in [3.05, 3.63) is 40.9 Å². The number of rotatable bonds is 5. The molecule has 1 amide bonds. The number of hydrogen-bond acceptors (Lipinski definition) is 6. The van der Waals surface area contributed by atoms with Crippen molar-refractivity contribution >= 4 is 27.7 Å². The first-order chi connectivity index (χ1) is 13.0. The van der Waals surface area contributed by atoms with Gasteiger partial charge in [-0.05, 0) is 41.1 Å². The van der Waals surface area contributed by atoms with E-state index in [9.17, 15) is 9.18 Å². The smallest absolute Gasteiger partial charge is 0.263 e. The van der Waals surface area contributed by atoms with Crippen LogP contribution in [0, 0.1) is 5.82 Å². The van der Waals surface area contributed by atoms with Crippen molar-refractivity contribution in [3.8, 4) is 11.6 Å². The van der Waals surface area contributed by atoms with Gasteiger partial charge in [0.1, 0.15) is 11.6 Å². The Morgan fingerprint density at radius 1 is 1.26 bits per heavy atom. The summed E-state index contributed by atoms with van der Waals surface area (Å²) in [4.78, 5) is 25.0. The zero-order valence-corrected chi connectivity index (χ0v) is 16.6. The minimum absolute atomic E-state index is 0.109. The molecule has 0 saturated carbocycles. The Hall–Kier alpha value is -2.42. The lowest BCUT2D eigenvalue weighted by Gasteiger charge is -2.36. The zero-order chi connectivity index (χ0) is 19.4. The Morgan fingerprint density at radius 2 is 2.00 bits per heavy atom. The van der Waals surface area contributed by atoms with Gasteiger partial charge in [-0.25, -0.2) is 4.39 Å². The summed E-state index contributed by atoms with van der Waals surface area (Å²) in [6.07, 6.45) is 2.56. The van der Waals surface area contributed by atoms with Gasteiger partial charge in [0.2, 0.25) is 5.88 Å². The quantitative estimate of drug-likeness (QED) is 0.714. The largest absolute Gasteiger partial charge is 0.480 e. The van der Waals surface area contributed by atoms with Gasteiger partial charge in [-0.2, -0.15) is 4.98 Å². The Labute approximate surface area is 165 Å². The summed E-state index contributed by atoms with van der Waals surface area (Å²) < 4.78 is 24.5. The molecule has 2 aromatic rings. The molecule has 1 fully saturated rings. The molecule has 0 bridgehead atoms. The maximum absolute atomic E-state index is 13.2. The lowest BCUT2D eigenvalue weighted by molar-refractivity contribution is -0.138. The Kier molecular flexibility index (Phi) is 6.10. The third kappa shape index (κ3) is 4.65. The molecule has 27 heavy (non-hydrogen) atoms. The highest BCUT2D eigenvalue weighted by Gasteiger charge is 2.27. The van der Waals surface area contributed by atoms with Crippen molar-refractivity contribution in [2.75, 3.05) is 38.2 Å². The van der Waals surface area contributed by atoms with Gasteiger partial charge in [0, 0.05) is 26.2 Å². The van der Waals surface area contributed by atoms with E-state index in [0.717, 1.165) is 5.82 Å². The van der Waals surface area contributed by atoms with Crippen LogP contribution in [0.3, 0.4) is 0 Å². The number of nitrogens with zero attached hydrogens (tertiary/aromatic N) is 4. The molecule has 3 rings (SSSR count). The second-order valence-electron chi connectivity index (χ2n) is 6.07. The van der Waals surface area contributed by atoms with Crippen LogP contribution in [0.5, 0.6) is 11.6 Å². The van der Waals surface area contributed by atoms with E-state index < -0.39 is 6.10 Å². The average Bonchev–Trinajstić information content (AvgIpc) is 2.69.